The largest absolute Gasteiger partial charge is 0.507 e. The van der Waals surface area contributed by atoms with E-state index in [9.17, 15) is 14.3 Å². The molecule has 25 heavy (non-hydrogen) atoms. The smallest absolute Gasteiger partial charge is 0.244 e. The van der Waals surface area contributed by atoms with Crippen molar-refractivity contribution in [1.82, 2.24) is 5.43 Å². The minimum Gasteiger partial charge on any atom is -0.507 e. The topological polar surface area (TPSA) is 64.9 Å². The molecule has 2 rings (SSSR count). The van der Waals surface area contributed by atoms with Crippen LogP contribution >= 0.6 is 0 Å². The normalized spacial score (nSPS) is 10.8. The van der Waals surface area contributed by atoms with Crippen molar-refractivity contribution in [1.29, 1.82) is 0 Å². The van der Waals surface area contributed by atoms with Gasteiger partial charge in [-0.05, 0) is 43.7 Å². The molecule has 0 saturated heterocycles. The van der Waals surface area contributed by atoms with E-state index in [2.05, 4.69) is 15.4 Å². The average Bonchev–Trinajstić information content (AvgIpc) is 2.60. The molecule has 132 valence electrons. The highest BCUT2D eigenvalue weighted by Gasteiger charge is 2.06. The number of phenols is 1. The molecule has 0 saturated carbocycles. The van der Waals surface area contributed by atoms with E-state index < -0.39 is 0 Å². The highest BCUT2D eigenvalue weighted by molar-refractivity contribution is 5.86. The lowest BCUT2D eigenvalue weighted by atomic mass is 10.1. The first-order chi connectivity index (χ1) is 12.0. The van der Waals surface area contributed by atoms with Crippen LogP contribution in [0.1, 0.15) is 25.0 Å². The van der Waals surface area contributed by atoms with Crippen molar-refractivity contribution < 1.29 is 14.3 Å². The van der Waals surface area contributed by atoms with Crippen molar-refractivity contribution in [2.75, 3.05) is 18.0 Å². The van der Waals surface area contributed by atoms with Crippen molar-refractivity contribution in [2.45, 2.75) is 20.3 Å². The summed E-state index contributed by atoms with van der Waals surface area (Å²) in [6, 6.07) is 11.0. The Morgan fingerprint density at radius 2 is 1.88 bits per heavy atom. The molecule has 2 N–H and O–H groups in total. The minimum absolute atomic E-state index is 0.0981. The van der Waals surface area contributed by atoms with Crippen LogP contribution in [-0.2, 0) is 11.2 Å². The van der Waals surface area contributed by atoms with Crippen LogP contribution in [0.2, 0.25) is 0 Å². The van der Waals surface area contributed by atoms with Crippen LogP contribution in [0.25, 0.3) is 0 Å². The van der Waals surface area contributed by atoms with Crippen LogP contribution in [0.5, 0.6) is 5.75 Å². The summed E-state index contributed by atoms with van der Waals surface area (Å²) < 4.78 is 12.8. The van der Waals surface area contributed by atoms with Gasteiger partial charge in [0.2, 0.25) is 5.91 Å². The molecule has 6 heteroatoms. The van der Waals surface area contributed by atoms with Gasteiger partial charge in [-0.15, -0.1) is 0 Å². The van der Waals surface area contributed by atoms with Gasteiger partial charge in [-0.25, -0.2) is 9.82 Å². The predicted octanol–water partition coefficient (Wildman–Crippen LogP) is 3.07. The van der Waals surface area contributed by atoms with Gasteiger partial charge in [0.25, 0.3) is 0 Å². The summed E-state index contributed by atoms with van der Waals surface area (Å²) in [5.41, 5.74) is 4.53. The molecule has 2 aromatic rings. The third kappa shape index (κ3) is 5.31. The molecule has 0 radical (unpaired) electrons. The van der Waals surface area contributed by atoms with E-state index in [0.29, 0.717) is 11.1 Å². The predicted molar refractivity (Wildman–Crippen MR) is 97.5 cm³/mol. The lowest BCUT2D eigenvalue weighted by Gasteiger charge is -2.21. The second-order valence-corrected chi connectivity index (χ2v) is 5.51. The van der Waals surface area contributed by atoms with Crippen LogP contribution in [0.15, 0.2) is 47.6 Å². The zero-order chi connectivity index (χ0) is 18.2. The maximum absolute atomic E-state index is 12.8. The van der Waals surface area contributed by atoms with Gasteiger partial charge in [-0.2, -0.15) is 5.10 Å². The van der Waals surface area contributed by atoms with Crippen LogP contribution in [0.3, 0.4) is 0 Å². The van der Waals surface area contributed by atoms with Gasteiger partial charge < -0.3 is 10.0 Å². The molecule has 0 aliphatic carbocycles. The summed E-state index contributed by atoms with van der Waals surface area (Å²) in [6.45, 7) is 5.80. The molecule has 0 aliphatic heterocycles. The molecular weight excluding hydrogens is 321 g/mol. The molecule has 0 unspecified atom stereocenters. The van der Waals surface area contributed by atoms with Crippen molar-refractivity contribution in [2.24, 2.45) is 5.10 Å². The number of hydrazone groups is 1. The number of carbonyl (C=O) groups is 1. The Morgan fingerprint density at radius 1 is 1.20 bits per heavy atom. The Balaban J connectivity index is 1.95. The fraction of sp³-hybridized carbons (Fsp3) is 0.263. The van der Waals surface area contributed by atoms with Gasteiger partial charge in [-0.3, -0.25) is 4.79 Å². The van der Waals surface area contributed by atoms with E-state index in [1.54, 1.807) is 24.3 Å². The van der Waals surface area contributed by atoms with Crippen LogP contribution in [0.4, 0.5) is 10.1 Å². The van der Waals surface area contributed by atoms with Gasteiger partial charge in [0.1, 0.15) is 11.6 Å². The Labute approximate surface area is 146 Å². The standard InChI is InChI=1S/C19H22FN3O2/c1-3-23(4-2)17-10-7-15(18(24)12-17)13-21-22-19(25)11-14-5-8-16(20)9-6-14/h5-10,12-13,24H,3-4,11H2,1-2H3,(H,22,25). The first-order valence-electron chi connectivity index (χ1n) is 8.17. The lowest BCUT2D eigenvalue weighted by Crippen LogP contribution is -2.21. The second kappa shape index (κ2) is 8.82. The summed E-state index contributed by atoms with van der Waals surface area (Å²) in [5, 5.41) is 14.0. The number of rotatable bonds is 7. The van der Waals surface area contributed by atoms with Gasteiger partial charge in [0.05, 0.1) is 12.6 Å². The Hall–Kier alpha value is -2.89. The zero-order valence-corrected chi connectivity index (χ0v) is 14.4. The van der Waals surface area contributed by atoms with E-state index in [1.807, 2.05) is 19.9 Å². The SMILES string of the molecule is CCN(CC)c1ccc(C=NNC(=O)Cc2ccc(F)cc2)c(O)c1. The number of anilines is 1. The number of phenolic OH excluding ortho intramolecular Hbond substituents is 1. The molecule has 1 amide bonds. The average molecular weight is 343 g/mol. The molecular formula is C19H22FN3O2. The maximum atomic E-state index is 12.8. The number of nitrogens with one attached hydrogen (secondary N) is 1. The third-order valence-electron chi connectivity index (χ3n) is 3.81. The van der Waals surface area contributed by atoms with Crippen molar-refractivity contribution in [3.05, 3.63) is 59.4 Å². The highest BCUT2D eigenvalue weighted by atomic mass is 19.1. The molecule has 0 spiro atoms. The van der Waals surface area contributed by atoms with Crippen molar-refractivity contribution in [3.8, 4) is 5.75 Å². The van der Waals surface area contributed by atoms with E-state index in [0.717, 1.165) is 18.8 Å². The number of carbonyl (C=O) groups excluding carboxylic acids is 1. The molecule has 5 nitrogen and oxygen atoms in total. The molecule has 0 aliphatic rings. The maximum Gasteiger partial charge on any atom is 0.244 e. The third-order valence-corrected chi connectivity index (χ3v) is 3.81. The van der Waals surface area contributed by atoms with Crippen LogP contribution in [-0.4, -0.2) is 30.3 Å². The Kier molecular flexibility index (Phi) is 6.51. The summed E-state index contributed by atoms with van der Waals surface area (Å²) >= 11 is 0. The molecule has 0 heterocycles. The molecule has 2 aromatic carbocycles. The first kappa shape index (κ1) is 18.4. The van der Waals surface area contributed by atoms with Gasteiger partial charge >= 0.3 is 0 Å². The van der Waals surface area contributed by atoms with Gasteiger partial charge in [-0.1, -0.05) is 12.1 Å². The van der Waals surface area contributed by atoms with E-state index in [1.165, 1.54) is 18.3 Å². The monoisotopic (exact) mass is 343 g/mol. The van der Waals surface area contributed by atoms with Gasteiger partial charge in [0.15, 0.2) is 0 Å². The summed E-state index contributed by atoms with van der Waals surface area (Å²) in [7, 11) is 0. The van der Waals surface area contributed by atoms with E-state index in [4.69, 9.17) is 0 Å². The number of hydrogen-bond donors (Lipinski definition) is 2. The molecule has 0 fully saturated rings. The molecule has 0 bridgehead atoms. The molecule has 0 atom stereocenters. The number of nitrogens with zero attached hydrogens (tertiary/aromatic N) is 2. The van der Waals surface area contributed by atoms with E-state index in [-0.39, 0.29) is 23.9 Å². The fourth-order valence-corrected chi connectivity index (χ4v) is 2.43. The number of aromatic hydroxyl groups is 1. The first-order valence-corrected chi connectivity index (χ1v) is 8.17. The van der Waals surface area contributed by atoms with Gasteiger partial charge in [0, 0.05) is 30.4 Å². The summed E-state index contributed by atoms with van der Waals surface area (Å²) in [6.07, 6.45) is 1.49. The number of hydrogen-bond acceptors (Lipinski definition) is 4. The lowest BCUT2D eigenvalue weighted by molar-refractivity contribution is -0.120. The number of amides is 1. The van der Waals surface area contributed by atoms with E-state index >= 15 is 0 Å². The van der Waals surface area contributed by atoms with Crippen LogP contribution < -0.4 is 10.3 Å². The summed E-state index contributed by atoms with van der Waals surface area (Å²) in [4.78, 5) is 13.9. The number of benzene rings is 2. The van der Waals surface area contributed by atoms with Crippen molar-refractivity contribution in [3.63, 3.8) is 0 Å². The highest BCUT2D eigenvalue weighted by Crippen LogP contribution is 2.23. The fourth-order valence-electron chi connectivity index (χ4n) is 2.43. The molecule has 0 aromatic heterocycles. The Morgan fingerprint density at radius 3 is 2.48 bits per heavy atom. The summed E-state index contributed by atoms with van der Waals surface area (Å²) in [5.74, 6) is -0.561. The van der Waals surface area contributed by atoms with Crippen LogP contribution in [0, 0.1) is 5.82 Å². The number of halogens is 1. The minimum atomic E-state index is -0.342. The van der Waals surface area contributed by atoms with Crippen molar-refractivity contribution >= 4 is 17.8 Å². The quantitative estimate of drug-likeness (QED) is 0.600. The zero-order valence-electron chi connectivity index (χ0n) is 14.4. The second-order valence-electron chi connectivity index (χ2n) is 5.51. The Bertz CT molecular complexity index is 741.